The summed E-state index contributed by atoms with van der Waals surface area (Å²) < 4.78 is 0. The molecular weight excluding hydrogens is 203 g/mol. The molecule has 2 nitrogen and oxygen atoms in total. The predicted octanol–water partition coefficient (Wildman–Crippen LogP) is 1.06. The van der Waals surface area contributed by atoms with Crippen LogP contribution in [0, 0.1) is 17.4 Å². The van der Waals surface area contributed by atoms with Gasteiger partial charge >= 0.3 is 0 Å². The van der Waals surface area contributed by atoms with Gasteiger partial charge < -0.3 is 5.11 Å². The molecule has 0 aromatic heterocycles. The number of rotatable bonds is 0. The van der Waals surface area contributed by atoms with Gasteiger partial charge in [0.25, 0.3) is 0 Å². The Kier molecular flexibility index (Phi) is 4.26. The molecule has 1 N–H and O–H groups in total. The normalized spacial score (nSPS) is 7.50. The maximum atomic E-state index is 8.77. The monoisotopic (exact) mass is 207 g/mol. The van der Waals surface area contributed by atoms with Crippen molar-refractivity contribution < 1.29 is 37.8 Å². The number of aromatic hydroxyl groups is 1. The molecule has 10 heavy (non-hydrogen) atoms. The molecule has 0 atom stereocenters. The molecule has 0 aliphatic carbocycles. The molecule has 0 saturated heterocycles. The number of nitriles is 1. The molecule has 0 unspecified atom stereocenters. The summed E-state index contributed by atoms with van der Waals surface area (Å²) in [6.07, 6.45) is 0. The van der Waals surface area contributed by atoms with Crippen molar-refractivity contribution in [2.45, 2.75) is 0 Å². The number of hydrogen-bond acceptors (Lipinski definition) is 2. The van der Waals surface area contributed by atoms with Crippen LogP contribution in [0.2, 0.25) is 0 Å². The standard InChI is InChI=1S/C7H4NO.Y/c8-5-6-2-1-3-7(9)4-6;/h1,3-4,9H;/q-1;. The van der Waals surface area contributed by atoms with Gasteiger partial charge in [-0.1, -0.05) is 11.6 Å². The third kappa shape index (κ3) is 2.47. The van der Waals surface area contributed by atoms with Crippen molar-refractivity contribution >= 4 is 0 Å². The molecule has 0 bridgehead atoms. The minimum absolute atomic E-state index is 0. The van der Waals surface area contributed by atoms with Crippen molar-refractivity contribution in [3.05, 3.63) is 29.8 Å². The topological polar surface area (TPSA) is 44.0 Å². The third-order valence-corrected chi connectivity index (χ3v) is 0.906. The van der Waals surface area contributed by atoms with Gasteiger partial charge in [-0.05, 0) is 6.07 Å². The largest absolute Gasteiger partial charge is 0.527 e. The van der Waals surface area contributed by atoms with Crippen molar-refractivity contribution in [2.75, 3.05) is 0 Å². The number of benzene rings is 1. The molecule has 1 radical (unpaired) electrons. The molecule has 0 spiro atoms. The smallest absolute Gasteiger partial charge is 0.0353 e. The van der Waals surface area contributed by atoms with Gasteiger partial charge in [0.2, 0.25) is 0 Å². The molecule has 0 aliphatic rings. The fourth-order valence-electron chi connectivity index (χ4n) is 0.519. The molecule has 3 heteroatoms. The molecule has 0 aliphatic heterocycles. The Labute approximate surface area is 84.4 Å². The van der Waals surface area contributed by atoms with Crippen LogP contribution in [0.1, 0.15) is 5.56 Å². The Bertz CT molecular complexity index is 254. The van der Waals surface area contributed by atoms with E-state index in [2.05, 4.69) is 6.07 Å². The second kappa shape index (κ2) is 4.43. The summed E-state index contributed by atoms with van der Waals surface area (Å²) in [6.45, 7) is 0. The van der Waals surface area contributed by atoms with Crippen LogP contribution in [0.25, 0.3) is 0 Å². The van der Waals surface area contributed by atoms with E-state index in [1.54, 1.807) is 0 Å². The number of phenols is 1. The fraction of sp³-hybridized carbons (Fsp3) is 0. The minimum atomic E-state index is 0. The second-order valence-corrected chi connectivity index (χ2v) is 1.57. The van der Waals surface area contributed by atoms with E-state index in [0.29, 0.717) is 5.56 Å². The van der Waals surface area contributed by atoms with Gasteiger partial charge in [0, 0.05) is 38.5 Å². The van der Waals surface area contributed by atoms with Crippen LogP contribution in [0.3, 0.4) is 0 Å². The number of nitrogens with zero attached hydrogens (tertiary/aromatic N) is 1. The average molecular weight is 207 g/mol. The number of phenolic OH excluding ortho intramolecular Hbond substituents is 1. The summed E-state index contributed by atoms with van der Waals surface area (Å²) >= 11 is 0. The Morgan fingerprint density at radius 1 is 1.60 bits per heavy atom. The maximum Gasteiger partial charge on any atom is 0.0353 e. The maximum absolute atomic E-state index is 8.77. The van der Waals surface area contributed by atoms with Crippen molar-refractivity contribution in [1.82, 2.24) is 0 Å². The zero-order valence-electron chi connectivity index (χ0n) is 5.20. The predicted molar refractivity (Wildman–Crippen MR) is 31.7 cm³/mol. The van der Waals surface area contributed by atoms with Crippen LogP contribution in [0.5, 0.6) is 5.75 Å². The van der Waals surface area contributed by atoms with Crippen LogP contribution < -0.4 is 0 Å². The van der Waals surface area contributed by atoms with Gasteiger partial charge in [-0.3, -0.25) is 5.26 Å². The van der Waals surface area contributed by atoms with E-state index in [0.717, 1.165) is 0 Å². The Morgan fingerprint density at radius 2 is 2.30 bits per heavy atom. The molecule has 1 rings (SSSR count). The summed E-state index contributed by atoms with van der Waals surface area (Å²) in [5.74, 6) is 0.102. The van der Waals surface area contributed by atoms with Gasteiger partial charge in [0.15, 0.2) is 0 Å². The van der Waals surface area contributed by atoms with E-state index in [4.69, 9.17) is 10.4 Å². The first-order valence-electron chi connectivity index (χ1n) is 2.44. The van der Waals surface area contributed by atoms with Gasteiger partial charge in [-0.25, -0.2) is 0 Å². The van der Waals surface area contributed by atoms with Crippen LogP contribution in [0.4, 0.5) is 0 Å². The van der Waals surface area contributed by atoms with Crippen LogP contribution >= 0.6 is 0 Å². The van der Waals surface area contributed by atoms with E-state index in [9.17, 15) is 0 Å². The van der Waals surface area contributed by atoms with Gasteiger partial charge in [0.1, 0.15) is 0 Å². The van der Waals surface area contributed by atoms with E-state index < -0.39 is 0 Å². The molecule has 1 aromatic carbocycles. The Morgan fingerprint density at radius 3 is 2.70 bits per heavy atom. The first-order valence-corrected chi connectivity index (χ1v) is 2.44. The van der Waals surface area contributed by atoms with Crippen LogP contribution in [0.15, 0.2) is 18.2 Å². The Balaban J connectivity index is 0.000000810. The van der Waals surface area contributed by atoms with E-state index in [-0.39, 0.29) is 38.5 Å². The fourth-order valence-corrected chi connectivity index (χ4v) is 0.519. The van der Waals surface area contributed by atoms with Gasteiger partial charge in [0.05, 0.1) is 0 Å². The van der Waals surface area contributed by atoms with Crippen LogP contribution in [-0.2, 0) is 32.7 Å². The van der Waals surface area contributed by atoms with Crippen LogP contribution in [-0.4, -0.2) is 5.11 Å². The zero-order valence-corrected chi connectivity index (χ0v) is 8.04. The van der Waals surface area contributed by atoms with Crippen molar-refractivity contribution in [2.24, 2.45) is 0 Å². The summed E-state index contributed by atoms with van der Waals surface area (Å²) in [7, 11) is 0. The van der Waals surface area contributed by atoms with E-state index >= 15 is 0 Å². The molecule has 0 fully saturated rings. The van der Waals surface area contributed by atoms with Gasteiger partial charge in [-0.15, -0.1) is 18.2 Å². The van der Waals surface area contributed by atoms with Crippen molar-refractivity contribution in [1.29, 1.82) is 5.26 Å². The van der Waals surface area contributed by atoms with E-state index in [1.807, 2.05) is 6.07 Å². The first-order chi connectivity index (χ1) is 4.33. The van der Waals surface area contributed by atoms with Crippen molar-refractivity contribution in [3.63, 3.8) is 0 Å². The van der Waals surface area contributed by atoms with E-state index in [1.165, 1.54) is 18.2 Å². The SMILES string of the molecule is N#Cc1[c-]ccc(O)c1.[Y]. The van der Waals surface area contributed by atoms with Gasteiger partial charge in [-0.2, -0.15) is 0 Å². The van der Waals surface area contributed by atoms with Crippen molar-refractivity contribution in [3.8, 4) is 11.8 Å². The molecule has 47 valence electrons. The first kappa shape index (κ1) is 9.61. The summed E-state index contributed by atoms with van der Waals surface area (Å²) in [6, 6.07) is 8.83. The average Bonchev–Trinajstić information content (AvgIpc) is 1.88. The quantitative estimate of drug-likeness (QED) is 0.646. The third-order valence-electron chi connectivity index (χ3n) is 0.906. The minimum Gasteiger partial charge on any atom is -0.527 e. The molecule has 1 aromatic rings. The second-order valence-electron chi connectivity index (χ2n) is 1.57. The molecule has 0 saturated carbocycles. The zero-order chi connectivity index (χ0) is 6.69. The molecule has 0 amide bonds. The molecular formula is C7H4NOY-. The molecule has 0 heterocycles. The summed E-state index contributed by atoms with van der Waals surface area (Å²) in [5, 5.41) is 17.0. The number of hydrogen-bond donors (Lipinski definition) is 1. The summed E-state index contributed by atoms with van der Waals surface area (Å²) in [4.78, 5) is 0. The summed E-state index contributed by atoms with van der Waals surface area (Å²) in [5.41, 5.74) is 0.356. The Hall–Kier alpha value is -0.386.